The molecule has 0 radical (unpaired) electrons. The highest BCUT2D eigenvalue weighted by Gasteiger charge is 2.16. The van der Waals surface area contributed by atoms with Gasteiger partial charge in [0.2, 0.25) is 0 Å². The van der Waals surface area contributed by atoms with Gasteiger partial charge < -0.3 is 10.5 Å². The lowest BCUT2D eigenvalue weighted by Crippen LogP contribution is -2.30. The summed E-state index contributed by atoms with van der Waals surface area (Å²) in [6.45, 7) is 2.02. The number of aromatic nitrogens is 1. The van der Waals surface area contributed by atoms with Gasteiger partial charge >= 0.3 is 0 Å². The summed E-state index contributed by atoms with van der Waals surface area (Å²) in [6, 6.07) is 9.78. The number of pyridine rings is 1. The average Bonchev–Trinajstić information content (AvgIpc) is 2.46. The summed E-state index contributed by atoms with van der Waals surface area (Å²) in [6.07, 6.45) is 2.33. The number of nitrogens with zero attached hydrogens (tertiary/aromatic N) is 1. The first kappa shape index (κ1) is 14.3. The number of ether oxygens (including phenoxy) is 1. The number of hydrazine groups is 1. The van der Waals surface area contributed by atoms with Crippen LogP contribution in [-0.2, 0) is 6.42 Å². The molecule has 0 saturated heterocycles. The maximum absolute atomic E-state index is 5.89. The number of aryl methyl sites for hydroxylation is 1. The van der Waals surface area contributed by atoms with Crippen molar-refractivity contribution in [3.8, 4) is 5.75 Å². The van der Waals surface area contributed by atoms with Gasteiger partial charge in [0.25, 0.3) is 0 Å². The molecule has 0 aliphatic heterocycles. The number of benzene rings is 1. The SMILES string of the molecule is COc1cc(C)ccc1C(Cc1cccnc1N)NN. The van der Waals surface area contributed by atoms with E-state index in [0.717, 1.165) is 22.4 Å². The molecule has 5 N–H and O–H groups in total. The van der Waals surface area contributed by atoms with E-state index in [1.54, 1.807) is 13.3 Å². The second-order valence-corrected chi connectivity index (χ2v) is 4.72. The van der Waals surface area contributed by atoms with Gasteiger partial charge in [0, 0.05) is 11.8 Å². The van der Waals surface area contributed by atoms with E-state index in [9.17, 15) is 0 Å². The second-order valence-electron chi connectivity index (χ2n) is 4.72. The summed E-state index contributed by atoms with van der Waals surface area (Å²) in [5.74, 6) is 7.04. The average molecular weight is 272 g/mol. The maximum Gasteiger partial charge on any atom is 0.126 e. The van der Waals surface area contributed by atoms with Crippen LogP contribution < -0.4 is 21.7 Å². The summed E-state index contributed by atoms with van der Waals surface area (Å²) in [5, 5.41) is 0. The highest BCUT2D eigenvalue weighted by atomic mass is 16.5. The summed E-state index contributed by atoms with van der Waals surface area (Å²) in [4.78, 5) is 4.09. The van der Waals surface area contributed by atoms with E-state index in [4.69, 9.17) is 16.3 Å². The highest BCUT2D eigenvalue weighted by molar-refractivity contribution is 5.43. The molecule has 1 aromatic heterocycles. The number of hydrogen-bond acceptors (Lipinski definition) is 5. The molecule has 0 fully saturated rings. The molecule has 0 amide bonds. The smallest absolute Gasteiger partial charge is 0.126 e. The lowest BCUT2D eigenvalue weighted by Gasteiger charge is -2.20. The molecular formula is C15H20N4O. The molecule has 5 nitrogen and oxygen atoms in total. The van der Waals surface area contributed by atoms with Gasteiger partial charge in [0.05, 0.1) is 13.2 Å². The van der Waals surface area contributed by atoms with Crippen LogP contribution in [0.5, 0.6) is 5.75 Å². The number of anilines is 1. The Morgan fingerprint density at radius 1 is 1.35 bits per heavy atom. The fourth-order valence-corrected chi connectivity index (χ4v) is 2.21. The third-order valence-electron chi connectivity index (χ3n) is 3.32. The van der Waals surface area contributed by atoms with E-state index in [1.807, 2.05) is 37.3 Å². The summed E-state index contributed by atoms with van der Waals surface area (Å²) >= 11 is 0. The molecule has 20 heavy (non-hydrogen) atoms. The van der Waals surface area contributed by atoms with Crippen molar-refractivity contribution in [2.24, 2.45) is 5.84 Å². The quantitative estimate of drug-likeness (QED) is 0.570. The van der Waals surface area contributed by atoms with Crippen LogP contribution >= 0.6 is 0 Å². The fourth-order valence-electron chi connectivity index (χ4n) is 2.21. The van der Waals surface area contributed by atoms with Crippen LogP contribution in [0.4, 0.5) is 5.82 Å². The molecule has 2 rings (SSSR count). The van der Waals surface area contributed by atoms with E-state index in [0.29, 0.717) is 12.2 Å². The fraction of sp³-hybridized carbons (Fsp3) is 0.267. The number of rotatable bonds is 5. The number of nitrogens with one attached hydrogen (secondary N) is 1. The van der Waals surface area contributed by atoms with Crippen molar-refractivity contribution in [2.45, 2.75) is 19.4 Å². The van der Waals surface area contributed by atoms with Gasteiger partial charge in [0.15, 0.2) is 0 Å². The predicted molar refractivity (Wildman–Crippen MR) is 80.1 cm³/mol. The first-order valence-electron chi connectivity index (χ1n) is 6.45. The lowest BCUT2D eigenvalue weighted by molar-refractivity contribution is 0.398. The highest BCUT2D eigenvalue weighted by Crippen LogP contribution is 2.29. The molecule has 2 aromatic rings. The molecule has 106 valence electrons. The van der Waals surface area contributed by atoms with Crippen LogP contribution in [0, 0.1) is 6.92 Å². The minimum absolute atomic E-state index is 0.0861. The van der Waals surface area contributed by atoms with Gasteiger partial charge in [-0.3, -0.25) is 11.3 Å². The van der Waals surface area contributed by atoms with Crippen LogP contribution in [0.3, 0.4) is 0 Å². The molecule has 0 aliphatic carbocycles. The largest absolute Gasteiger partial charge is 0.496 e. The van der Waals surface area contributed by atoms with E-state index < -0.39 is 0 Å². The van der Waals surface area contributed by atoms with Crippen molar-refractivity contribution in [2.75, 3.05) is 12.8 Å². The number of hydrogen-bond donors (Lipinski definition) is 3. The Kier molecular flexibility index (Phi) is 4.55. The third kappa shape index (κ3) is 3.07. The number of nitrogens with two attached hydrogens (primary N) is 2. The molecule has 0 aliphatic rings. The minimum atomic E-state index is -0.0861. The topological polar surface area (TPSA) is 86.2 Å². The van der Waals surface area contributed by atoms with Gasteiger partial charge in [-0.1, -0.05) is 18.2 Å². The van der Waals surface area contributed by atoms with E-state index in [1.165, 1.54) is 0 Å². The predicted octanol–water partition coefficient (Wildman–Crippen LogP) is 1.73. The summed E-state index contributed by atoms with van der Waals surface area (Å²) in [5.41, 5.74) is 11.8. The number of methoxy groups -OCH3 is 1. The first-order valence-corrected chi connectivity index (χ1v) is 6.45. The zero-order valence-corrected chi connectivity index (χ0v) is 11.8. The monoisotopic (exact) mass is 272 g/mol. The van der Waals surface area contributed by atoms with Crippen molar-refractivity contribution in [1.29, 1.82) is 0 Å². The van der Waals surface area contributed by atoms with Crippen LogP contribution in [0.25, 0.3) is 0 Å². The summed E-state index contributed by atoms with van der Waals surface area (Å²) in [7, 11) is 1.66. The molecule has 5 heteroatoms. The van der Waals surface area contributed by atoms with E-state index in [2.05, 4.69) is 10.4 Å². The molecule has 0 spiro atoms. The Hall–Kier alpha value is -2.11. The van der Waals surface area contributed by atoms with Gasteiger partial charge in [-0.25, -0.2) is 4.98 Å². The molecular weight excluding hydrogens is 252 g/mol. The molecule has 1 aromatic carbocycles. The van der Waals surface area contributed by atoms with Gasteiger partial charge in [-0.15, -0.1) is 0 Å². The van der Waals surface area contributed by atoms with E-state index >= 15 is 0 Å². The minimum Gasteiger partial charge on any atom is -0.496 e. The Labute approximate surface area is 118 Å². The Morgan fingerprint density at radius 2 is 2.15 bits per heavy atom. The molecule has 0 bridgehead atoms. The van der Waals surface area contributed by atoms with Crippen LogP contribution in [0.15, 0.2) is 36.5 Å². The molecule has 0 saturated carbocycles. The van der Waals surface area contributed by atoms with Crippen LogP contribution in [-0.4, -0.2) is 12.1 Å². The normalized spacial score (nSPS) is 12.2. The van der Waals surface area contributed by atoms with E-state index in [-0.39, 0.29) is 6.04 Å². The van der Waals surface area contributed by atoms with Crippen molar-refractivity contribution in [1.82, 2.24) is 10.4 Å². The molecule has 1 atom stereocenters. The van der Waals surface area contributed by atoms with Gasteiger partial charge in [-0.05, 0) is 36.6 Å². The van der Waals surface area contributed by atoms with Gasteiger partial charge in [-0.2, -0.15) is 0 Å². The third-order valence-corrected chi connectivity index (χ3v) is 3.32. The molecule has 1 unspecified atom stereocenters. The van der Waals surface area contributed by atoms with Crippen molar-refractivity contribution >= 4 is 5.82 Å². The van der Waals surface area contributed by atoms with Gasteiger partial charge in [0.1, 0.15) is 11.6 Å². The Morgan fingerprint density at radius 3 is 2.80 bits per heavy atom. The summed E-state index contributed by atoms with van der Waals surface area (Å²) < 4.78 is 5.43. The lowest BCUT2D eigenvalue weighted by atomic mass is 9.98. The van der Waals surface area contributed by atoms with Crippen LogP contribution in [0.2, 0.25) is 0 Å². The zero-order valence-electron chi connectivity index (χ0n) is 11.8. The zero-order chi connectivity index (χ0) is 14.5. The van der Waals surface area contributed by atoms with Crippen molar-refractivity contribution in [3.63, 3.8) is 0 Å². The Bertz CT molecular complexity index is 586. The molecule has 1 heterocycles. The Balaban J connectivity index is 2.31. The van der Waals surface area contributed by atoms with Crippen LogP contribution in [0.1, 0.15) is 22.7 Å². The second kappa shape index (κ2) is 6.36. The van der Waals surface area contributed by atoms with Crippen molar-refractivity contribution < 1.29 is 4.74 Å². The maximum atomic E-state index is 5.89. The first-order chi connectivity index (χ1) is 9.65. The number of nitrogen functional groups attached to an aromatic ring is 1. The standard InChI is InChI=1S/C15H20N4O/c1-10-5-6-12(14(8-10)20-2)13(19-17)9-11-4-3-7-18-15(11)16/h3-8,13,19H,9,17H2,1-2H3,(H2,16,18). The van der Waals surface area contributed by atoms with Crippen molar-refractivity contribution in [3.05, 3.63) is 53.2 Å².